The number of ketones is 1. The lowest BCUT2D eigenvalue weighted by Gasteiger charge is -2.10. The van der Waals surface area contributed by atoms with Gasteiger partial charge in [0.1, 0.15) is 27.6 Å². The lowest BCUT2D eigenvalue weighted by molar-refractivity contribution is -0.125. The van der Waals surface area contributed by atoms with Gasteiger partial charge in [-0.15, -0.1) is 23.1 Å². The van der Waals surface area contributed by atoms with E-state index in [0.29, 0.717) is 23.7 Å². The number of carbonyl (C=O) groups excluding carboxylic acids is 4. The van der Waals surface area contributed by atoms with Gasteiger partial charge in [0.2, 0.25) is 11.8 Å². The molecule has 1 heterocycles. The second-order valence-electron chi connectivity index (χ2n) is 10.3. The zero-order valence-electron chi connectivity index (χ0n) is 28.4. The Morgan fingerprint density at radius 1 is 1.05 bits per heavy atom. The molecule has 2 amide bonds. The average Bonchev–Trinajstić information content (AvgIpc) is 3.48. The zero-order valence-corrected chi connectivity index (χ0v) is 30.9. The molecule has 0 radical (unpaired) electrons. The van der Waals surface area contributed by atoms with Crippen LogP contribution < -0.4 is 10.6 Å². The number of aromatic nitrogens is 1. The van der Waals surface area contributed by atoms with Crippen LogP contribution in [0.1, 0.15) is 123 Å². The fourth-order valence-electron chi connectivity index (χ4n) is 3.47. The Hall–Kier alpha value is -1.98. The molecular weight excluding hydrogens is 613 g/mol. The maximum absolute atomic E-state index is 12.3. The Morgan fingerprint density at radius 3 is 2.20 bits per heavy atom. The summed E-state index contributed by atoms with van der Waals surface area (Å²) in [4.78, 5) is 54.7. The highest BCUT2D eigenvalue weighted by Crippen LogP contribution is 2.17. The number of hydrogen-bond acceptors (Lipinski definition) is 9. The molecule has 0 bridgehead atoms. The third-order valence-electron chi connectivity index (χ3n) is 5.91. The molecule has 0 aromatic carbocycles. The van der Waals surface area contributed by atoms with E-state index in [-0.39, 0.29) is 30.1 Å². The first-order chi connectivity index (χ1) is 21.1. The van der Waals surface area contributed by atoms with Crippen molar-refractivity contribution in [1.29, 1.82) is 0 Å². The summed E-state index contributed by atoms with van der Waals surface area (Å²) in [6.07, 6.45) is 17.7. The van der Waals surface area contributed by atoms with E-state index in [1.807, 2.05) is 30.7 Å². The van der Waals surface area contributed by atoms with Crippen molar-refractivity contribution in [3.8, 4) is 0 Å². The third kappa shape index (κ3) is 25.4. The number of hydrogen-bond donors (Lipinski definition) is 2. The van der Waals surface area contributed by atoms with Gasteiger partial charge in [0.15, 0.2) is 5.62 Å². The summed E-state index contributed by atoms with van der Waals surface area (Å²) in [7, 11) is 0. The molecular formula is C33H58N4O4S3. The van der Waals surface area contributed by atoms with E-state index >= 15 is 0 Å². The molecule has 0 aliphatic rings. The van der Waals surface area contributed by atoms with Crippen molar-refractivity contribution in [2.24, 2.45) is 10.9 Å². The number of allylic oxidation sites excluding steroid dienone is 2. The Labute approximate surface area is 279 Å². The van der Waals surface area contributed by atoms with Crippen LogP contribution in [0.2, 0.25) is 0 Å². The van der Waals surface area contributed by atoms with Crippen molar-refractivity contribution in [2.45, 2.75) is 125 Å². The van der Waals surface area contributed by atoms with Gasteiger partial charge in [0.05, 0.1) is 13.1 Å². The van der Waals surface area contributed by atoms with E-state index in [1.54, 1.807) is 6.92 Å². The predicted molar refractivity (Wildman–Crippen MR) is 194 cm³/mol. The Morgan fingerprint density at radius 2 is 1.68 bits per heavy atom. The van der Waals surface area contributed by atoms with Crippen molar-refractivity contribution in [3.05, 3.63) is 28.2 Å². The summed E-state index contributed by atoms with van der Waals surface area (Å²) in [5.41, 5.74) is 1.50. The summed E-state index contributed by atoms with van der Waals surface area (Å²) in [6, 6.07) is -0.646. The minimum atomic E-state index is -0.646. The lowest BCUT2D eigenvalue weighted by atomic mass is 10.0. The second kappa shape index (κ2) is 31.0. The molecule has 0 aliphatic carbocycles. The van der Waals surface area contributed by atoms with Crippen LogP contribution in [0.5, 0.6) is 0 Å². The molecule has 1 aromatic rings. The van der Waals surface area contributed by atoms with Crippen molar-refractivity contribution < 1.29 is 19.2 Å². The molecule has 0 aliphatic heterocycles. The number of thioether (sulfide) groups is 2. The number of amides is 2. The first kappa shape index (κ1) is 44.1. The van der Waals surface area contributed by atoms with Crippen LogP contribution in [0.15, 0.2) is 22.5 Å². The standard InChI is InChI=1S/C22H32N4O4S3.C8H18.C3H8/c1-5-17(8-6-7-9-32-14-27)10-19(29)23-12-20-26-18(13-33-20)22(31-4)25-16(3)21(30)24-11-15(2)28;1-3-5-7-8-6-4-2;1-3-2/h6,8,13-14,16-17H,5,7,9-12H2,1-4H3,(H,23,29)(H,24,30);3-8H2,1-2H3;3H2,1-2H3/b8-6+,25-22?;;/t16-,17-;;/m1../s1. The molecule has 8 nitrogen and oxygen atoms in total. The summed E-state index contributed by atoms with van der Waals surface area (Å²) < 4.78 is 0. The van der Waals surface area contributed by atoms with Gasteiger partial charge >= 0.3 is 0 Å². The van der Waals surface area contributed by atoms with Gasteiger partial charge in [0, 0.05) is 17.6 Å². The minimum absolute atomic E-state index is 0.0121. The van der Waals surface area contributed by atoms with Gasteiger partial charge in [-0.3, -0.25) is 24.2 Å². The van der Waals surface area contributed by atoms with E-state index in [9.17, 15) is 19.2 Å². The van der Waals surface area contributed by atoms with Crippen LogP contribution in [0, 0.1) is 5.92 Å². The second-order valence-corrected chi connectivity index (χ2v) is 13.0. The van der Waals surface area contributed by atoms with Crippen LogP contribution in [0.3, 0.4) is 0 Å². The van der Waals surface area contributed by atoms with Gasteiger partial charge in [-0.25, -0.2) is 4.98 Å². The SMILES string of the molecule is CCC.CCCCCCCC.CC[C@H](/C=C/CCSC=O)CC(=O)NCc1nc(C(=N[C@H](C)C(=O)NCC(C)=O)SC)cs1. The van der Waals surface area contributed by atoms with Crippen LogP contribution in [-0.2, 0) is 25.7 Å². The van der Waals surface area contributed by atoms with Crippen molar-refractivity contribution >= 4 is 63.1 Å². The fourth-order valence-corrected chi connectivity index (χ4v) is 5.21. The van der Waals surface area contributed by atoms with Crippen LogP contribution in [0.4, 0.5) is 0 Å². The summed E-state index contributed by atoms with van der Waals surface area (Å²) in [5, 5.41) is 8.70. The van der Waals surface area contributed by atoms with Gasteiger partial charge in [-0.05, 0) is 38.9 Å². The van der Waals surface area contributed by atoms with Crippen molar-refractivity contribution in [1.82, 2.24) is 15.6 Å². The quantitative estimate of drug-likeness (QED) is 0.0474. The third-order valence-corrected chi connectivity index (χ3v) is 8.07. The zero-order chi connectivity index (χ0) is 33.6. The summed E-state index contributed by atoms with van der Waals surface area (Å²) in [5.74, 6) is 0.425. The highest BCUT2D eigenvalue weighted by atomic mass is 32.2. The summed E-state index contributed by atoms with van der Waals surface area (Å²) >= 11 is 4.05. The highest BCUT2D eigenvalue weighted by molar-refractivity contribution is 8.13. The van der Waals surface area contributed by atoms with E-state index in [0.717, 1.165) is 29.2 Å². The topological polar surface area (TPSA) is 118 Å². The molecule has 0 unspecified atom stereocenters. The molecule has 252 valence electrons. The smallest absolute Gasteiger partial charge is 0.244 e. The molecule has 2 atom stereocenters. The number of unbranched alkanes of at least 4 members (excludes halogenated alkanes) is 5. The van der Waals surface area contributed by atoms with Gasteiger partial charge in [0.25, 0.3) is 0 Å². The van der Waals surface area contributed by atoms with Crippen LogP contribution >= 0.6 is 34.9 Å². The van der Waals surface area contributed by atoms with Gasteiger partial charge in [-0.2, -0.15) is 0 Å². The normalized spacial score (nSPS) is 12.3. The molecule has 0 spiro atoms. The maximum Gasteiger partial charge on any atom is 0.244 e. The first-order valence-corrected chi connectivity index (χ1v) is 19.1. The number of Topliss-reactive ketones (excluding diaryl/α,β-unsaturated/α-hetero) is 1. The molecule has 0 saturated carbocycles. The molecule has 1 rings (SSSR count). The molecule has 1 aromatic heterocycles. The molecule has 2 N–H and O–H groups in total. The maximum atomic E-state index is 12.3. The van der Waals surface area contributed by atoms with E-state index in [2.05, 4.69) is 48.3 Å². The number of thiazole rings is 1. The van der Waals surface area contributed by atoms with E-state index in [4.69, 9.17) is 0 Å². The Bertz CT molecular complexity index is 961. The summed E-state index contributed by atoms with van der Waals surface area (Å²) in [6.45, 7) is 14.2. The van der Waals surface area contributed by atoms with E-state index in [1.165, 1.54) is 86.7 Å². The number of rotatable bonds is 20. The molecule has 44 heavy (non-hydrogen) atoms. The fraction of sp³-hybridized carbons (Fsp3) is 0.697. The monoisotopic (exact) mass is 670 g/mol. The Balaban J connectivity index is 0. The largest absolute Gasteiger partial charge is 0.350 e. The number of carbonyl (C=O) groups is 4. The van der Waals surface area contributed by atoms with Crippen LogP contribution in [0.25, 0.3) is 0 Å². The van der Waals surface area contributed by atoms with Crippen molar-refractivity contribution in [2.75, 3.05) is 18.6 Å². The molecule has 11 heteroatoms. The number of nitrogens with zero attached hydrogens (tertiary/aromatic N) is 2. The van der Waals surface area contributed by atoms with Gasteiger partial charge in [-0.1, -0.05) is 103 Å². The number of nitrogens with one attached hydrogen (secondary N) is 2. The highest BCUT2D eigenvalue weighted by Gasteiger charge is 2.16. The molecule has 0 saturated heterocycles. The Kier molecular flexibility index (Phi) is 31.1. The van der Waals surface area contributed by atoms with Crippen molar-refractivity contribution in [3.63, 3.8) is 0 Å². The van der Waals surface area contributed by atoms with Gasteiger partial charge < -0.3 is 10.6 Å². The first-order valence-electron chi connectivity index (χ1n) is 16.0. The molecule has 0 fully saturated rings. The van der Waals surface area contributed by atoms with E-state index < -0.39 is 6.04 Å². The van der Waals surface area contributed by atoms with Crippen LogP contribution in [-0.4, -0.2) is 57.8 Å². The predicted octanol–water partition coefficient (Wildman–Crippen LogP) is 8.03. The average molecular weight is 671 g/mol. The minimum Gasteiger partial charge on any atom is -0.350 e. The number of aliphatic imine (C=N–C) groups is 1. The lowest BCUT2D eigenvalue weighted by Crippen LogP contribution is -2.35.